The Morgan fingerprint density at radius 2 is 1.54 bits per heavy atom. The number of hydrogen-bond donors (Lipinski definition) is 3. The van der Waals surface area contributed by atoms with Crippen LogP contribution in [-0.2, 0) is 17.8 Å². The van der Waals surface area contributed by atoms with E-state index in [4.69, 9.17) is 0 Å². The highest BCUT2D eigenvalue weighted by molar-refractivity contribution is 5.80. The molecule has 0 atom stereocenters. The van der Waals surface area contributed by atoms with Gasteiger partial charge in [0.15, 0.2) is 5.96 Å². The summed E-state index contributed by atoms with van der Waals surface area (Å²) >= 11 is 0. The molecule has 138 valence electrons. The van der Waals surface area contributed by atoms with Gasteiger partial charge in [-0.25, -0.2) is 4.39 Å². The van der Waals surface area contributed by atoms with E-state index in [1.807, 2.05) is 0 Å². The van der Waals surface area contributed by atoms with E-state index in [1.165, 1.54) is 23.3 Å². The van der Waals surface area contributed by atoms with E-state index in [9.17, 15) is 9.18 Å². The smallest absolute Gasteiger partial charge is 0.224 e. The number of benzene rings is 2. The molecule has 6 heteroatoms. The third kappa shape index (κ3) is 6.93. The Balaban J connectivity index is 1.64. The van der Waals surface area contributed by atoms with Crippen molar-refractivity contribution < 1.29 is 9.18 Å². The molecule has 3 N–H and O–H groups in total. The standard InChI is InChI=1S/C20H25FN4O/c1-15-3-5-17(6-4-15)14-25-20(22-2)24-12-11-23-19(26)13-16-7-9-18(21)10-8-16/h3-10H,11-14H2,1-2H3,(H,23,26)(H2,22,24,25). The molecule has 0 aliphatic heterocycles. The van der Waals surface area contributed by atoms with Gasteiger partial charge in [0.2, 0.25) is 5.91 Å². The Kier molecular flexibility index (Phi) is 7.61. The van der Waals surface area contributed by atoms with E-state index in [-0.39, 0.29) is 18.1 Å². The summed E-state index contributed by atoms with van der Waals surface area (Å²) in [6.45, 7) is 3.77. The maximum absolute atomic E-state index is 12.8. The third-order valence-corrected chi connectivity index (χ3v) is 3.82. The van der Waals surface area contributed by atoms with Crippen LogP contribution in [0.4, 0.5) is 4.39 Å². The molecule has 0 aromatic heterocycles. The van der Waals surface area contributed by atoms with Crippen molar-refractivity contribution in [2.75, 3.05) is 20.1 Å². The number of guanidine groups is 1. The van der Waals surface area contributed by atoms with Gasteiger partial charge >= 0.3 is 0 Å². The highest BCUT2D eigenvalue weighted by Gasteiger charge is 2.03. The molecule has 2 aromatic carbocycles. The lowest BCUT2D eigenvalue weighted by atomic mass is 10.1. The molecule has 0 radical (unpaired) electrons. The van der Waals surface area contributed by atoms with Crippen LogP contribution in [-0.4, -0.2) is 32.0 Å². The number of rotatable bonds is 7. The Morgan fingerprint density at radius 3 is 2.19 bits per heavy atom. The Labute approximate surface area is 153 Å². The molecule has 0 aliphatic rings. The summed E-state index contributed by atoms with van der Waals surface area (Å²) in [6, 6.07) is 14.2. The van der Waals surface area contributed by atoms with Gasteiger partial charge in [0.05, 0.1) is 6.42 Å². The van der Waals surface area contributed by atoms with Crippen molar-refractivity contribution in [3.05, 3.63) is 71.0 Å². The number of aryl methyl sites for hydroxylation is 1. The van der Waals surface area contributed by atoms with Crippen LogP contribution < -0.4 is 16.0 Å². The van der Waals surface area contributed by atoms with Crippen LogP contribution in [0.25, 0.3) is 0 Å². The first-order valence-electron chi connectivity index (χ1n) is 8.58. The Bertz CT molecular complexity index is 726. The van der Waals surface area contributed by atoms with Gasteiger partial charge in [0.25, 0.3) is 0 Å². The summed E-state index contributed by atoms with van der Waals surface area (Å²) in [5, 5.41) is 9.21. The monoisotopic (exact) mass is 356 g/mol. The van der Waals surface area contributed by atoms with Crippen LogP contribution in [0.1, 0.15) is 16.7 Å². The molecule has 0 fully saturated rings. The SMILES string of the molecule is CN=C(NCCNC(=O)Cc1ccc(F)cc1)NCc1ccc(C)cc1. The van der Waals surface area contributed by atoms with Crippen LogP contribution >= 0.6 is 0 Å². The van der Waals surface area contributed by atoms with E-state index in [1.54, 1.807) is 19.2 Å². The zero-order valence-electron chi connectivity index (χ0n) is 15.2. The van der Waals surface area contributed by atoms with Gasteiger partial charge in [0, 0.05) is 26.7 Å². The lowest BCUT2D eigenvalue weighted by Gasteiger charge is -2.12. The summed E-state index contributed by atoms with van der Waals surface area (Å²) in [4.78, 5) is 16.0. The number of carbonyl (C=O) groups excluding carboxylic acids is 1. The molecule has 0 unspecified atom stereocenters. The quantitative estimate of drug-likeness (QED) is 0.405. The molecular formula is C20H25FN4O. The highest BCUT2D eigenvalue weighted by atomic mass is 19.1. The molecule has 0 spiro atoms. The van der Waals surface area contributed by atoms with E-state index in [0.29, 0.717) is 25.6 Å². The van der Waals surface area contributed by atoms with E-state index < -0.39 is 0 Å². The molecule has 5 nitrogen and oxygen atoms in total. The van der Waals surface area contributed by atoms with Crippen LogP contribution in [0.3, 0.4) is 0 Å². The maximum atomic E-state index is 12.8. The number of aliphatic imine (C=N–C) groups is 1. The van der Waals surface area contributed by atoms with Crippen LogP contribution in [0.5, 0.6) is 0 Å². The molecule has 26 heavy (non-hydrogen) atoms. The number of amides is 1. The molecule has 0 aliphatic carbocycles. The minimum Gasteiger partial charge on any atom is -0.355 e. The third-order valence-electron chi connectivity index (χ3n) is 3.82. The average Bonchev–Trinajstić information content (AvgIpc) is 2.64. The Hall–Kier alpha value is -2.89. The highest BCUT2D eigenvalue weighted by Crippen LogP contribution is 2.03. The van der Waals surface area contributed by atoms with Gasteiger partial charge in [-0.05, 0) is 30.2 Å². The van der Waals surface area contributed by atoms with Gasteiger partial charge < -0.3 is 16.0 Å². The van der Waals surface area contributed by atoms with Crippen molar-refractivity contribution >= 4 is 11.9 Å². The van der Waals surface area contributed by atoms with Crippen molar-refractivity contribution in [2.24, 2.45) is 4.99 Å². The minimum atomic E-state index is -0.303. The number of nitrogens with one attached hydrogen (secondary N) is 3. The summed E-state index contributed by atoms with van der Waals surface area (Å²) < 4.78 is 12.8. The van der Waals surface area contributed by atoms with E-state index in [2.05, 4.69) is 52.1 Å². The van der Waals surface area contributed by atoms with E-state index >= 15 is 0 Å². The van der Waals surface area contributed by atoms with Gasteiger partial charge in [-0.1, -0.05) is 42.0 Å². The molecule has 0 saturated carbocycles. The second-order valence-corrected chi connectivity index (χ2v) is 5.99. The number of nitrogens with zero attached hydrogens (tertiary/aromatic N) is 1. The van der Waals surface area contributed by atoms with E-state index in [0.717, 1.165) is 5.56 Å². The van der Waals surface area contributed by atoms with Gasteiger partial charge in [-0.15, -0.1) is 0 Å². The fourth-order valence-electron chi connectivity index (χ4n) is 2.35. The van der Waals surface area contributed by atoms with Crippen molar-refractivity contribution in [3.8, 4) is 0 Å². The van der Waals surface area contributed by atoms with Crippen LogP contribution in [0, 0.1) is 12.7 Å². The first-order valence-corrected chi connectivity index (χ1v) is 8.58. The topological polar surface area (TPSA) is 65.5 Å². The fraction of sp³-hybridized carbons (Fsp3) is 0.300. The first-order chi connectivity index (χ1) is 12.6. The number of hydrogen-bond acceptors (Lipinski definition) is 2. The second-order valence-electron chi connectivity index (χ2n) is 5.99. The molecule has 1 amide bonds. The predicted octanol–water partition coefficient (Wildman–Crippen LogP) is 2.16. The number of carbonyl (C=O) groups is 1. The summed E-state index contributed by atoms with van der Waals surface area (Å²) in [5.74, 6) is 0.280. The van der Waals surface area contributed by atoms with Crippen LogP contribution in [0.2, 0.25) is 0 Å². The van der Waals surface area contributed by atoms with Gasteiger partial charge in [0.1, 0.15) is 5.82 Å². The fourth-order valence-corrected chi connectivity index (χ4v) is 2.35. The largest absolute Gasteiger partial charge is 0.355 e. The molecule has 0 heterocycles. The summed E-state index contributed by atoms with van der Waals surface area (Å²) in [7, 11) is 1.71. The van der Waals surface area contributed by atoms with Crippen LogP contribution in [0.15, 0.2) is 53.5 Å². The number of halogens is 1. The van der Waals surface area contributed by atoms with Crippen molar-refractivity contribution in [1.82, 2.24) is 16.0 Å². The lowest BCUT2D eigenvalue weighted by molar-refractivity contribution is -0.120. The van der Waals surface area contributed by atoms with Gasteiger partial charge in [-0.2, -0.15) is 0 Å². The maximum Gasteiger partial charge on any atom is 0.224 e. The van der Waals surface area contributed by atoms with Crippen molar-refractivity contribution in [2.45, 2.75) is 19.9 Å². The normalized spacial score (nSPS) is 11.1. The zero-order valence-corrected chi connectivity index (χ0v) is 15.2. The molecule has 2 aromatic rings. The first kappa shape index (κ1) is 19.4. The molecule has 0 bridgehead atoms. The summed E-state index contributed by atoms with van der Waals surface area (Å²) in [5.41, 5.74) is 3.19. The predicted molar refractivity (Wildman–Crippen MR) is 102 cm³/mol. The second kappa shape index (κ2) is 10.2. The molecular weight excluding hydrogens is 331 g/mol. The van der Waals surface area contributed by atoms with Crippen molar-refractivity contribution in [1.29, 1.82) is 0 Å². The molecule has 2 rings (SSSR count). The summed E-state index contributed by atoms with van der Waals surface area (Å²) in [6.07, 6.45) is 0.237. The average molecular weight is 356 g/mol. The van der Waals surface area contributed by atoms with Gasteiger partial charge in [-0.3, -0.25) is 9.79 Å². The zero-order chi connectivity index (χ0) is 18.8. The minimum absolute atomic E-state index is 0.0963. The Morgan fingerprint density at radius 1 is 0.923 bits per heavy atom. The molecule has 0 saturated heterocycles. The van der Waals surface area contributed by atoms with Crippen molar-refractivity contribution in [3.63, 3.8) is 0 Å². The lowest BCUT2D eigenvalue weighted by Crippen LogP contribution is -2.41.